The Bertz CT molecular complexity index is 371. The average Bonchev–Trinajstić information content (AvgIpc) is 2.62. The minimum absolute atomic E-state index is 1.19. The van der Waals surface area contributed by atoms with E-state index in [-0.39, 0.29) is 0 Å². The molecule has 0 spiro atoms. The summed E-state index contributed by atoms with van der Waals surface area (Å²) in [6.45, 7) is 1.19. The van der Waals surface area contributed by atoms with Crippen LogP contribution in [0.2, 0.25) is 0 Å². The number of hydrogen-bond acceptors (Lipinski definition) is 3. The van der Waals surface area contributed by atoms with Crippen molar-refractivity contribution in [3.63, 3.8) is 0 Å². The molecule has 0 saturated carbocycles. The maximum Gasteiger partial charge on any atom is 0.0453 e. The smallest absolute Gasteiger partial charge is 0.0453 e. The highest BCUT2D eigenvalue weighted by Gasteiger charge is 2.02. The topological polar surface area (TPSA) is 3.24 Å². The molecule has 0 atom stereocenters. The molecule has 0 bridgehead atoms. The van der Waals surface area contributed by atoms with Gasteiger partial charge in [-0.25, -0.2) is 0 Å². The predicted molar refractivity (Wildman–Crippen MR) is 66.6 cm³/mol. The largest absolute Gasteiger partial charge is 0.309 e. The van der Waals surface area contributed by atoms with Crippen LogP contribution in [0, 0.1) is 0 Å². The molecule has 0 radical (unpaired) electrons. The van der Waals surface area contributed by atoms with Gasteiger partial charge < -0.3 is 4.90 Å². The minimum Gasteiger partial charge on any atom is -0.309 e. The van der Waals surface area contributed by atoms with Crippen molar-refractivity contribution in [2.45, 2.75) is 12.8 Å². The first-order chi connectivity index (χ1) is 6.75. The second-order valence-electron chi connectivity index (χ2n) is 3.77. The molecule has 0 unspecified atom stereocenters. The lowest BCUT2D eigenvalue weighted by atomic mass is 10.2. The van der Waals surface area contributed by atoms with E-state index in [1.54, 1.807) is 0 Å². The van der Waals surface area contributed by atoms with Crippen molar-refractivity contribution < 1.29 is 0 Å². The van der Waals surface area contributed by atoms with Gasteiger partial charge in [-0.2, -0.15) is 0 Å². The molecule has 14 heavy (non-hydrogen) atoms. The summed E-state index contributed by atoms with van der Waals surface area (Å²) < 4.78 is 2.91. The van der Waals surface area contributed by atoms with Crippen LogP contribution in [0.3, 0.4) is 0 Å². The van der Waals surface area contributed by atoms with Gasteiger partial charge in [-0.05, 0) is 51.0 Å². The van der Waals surface area contributed by atoms with Crippen molar-refractivity contribution in [1.82, 2.24) is 4.90 Å². The van der Waals surface area contributed by atoms with Crippen LogP contribution in [0.4, 0.5) is 0 Å². The Balaban J connectivity index is 1.95. The summed E-state index contributed by atoms with van der Waals surface area (Å²) in [7, 11) is 4.26. The first-order valence-corrected chi connectivity index (χ1v) is 6.56. The van der Waals surface area contributed by atoms with Crippen LogP contribution in [-0.2, 0) is 6.42 Å². The Morgan fingerprint density at radius 1 is 1.29 bits per heavy atom. The molecule has 0 aliphatic rings. The van der Waals surface area contributed by atoms with E-state index in [1.807, 2.05) is 22.7 Å². The fourth-order valence-corrected chi connectivity index (χ4v) is 3.68. The van der Waals surface area contributed by atoms with Crippen LogP contribution in [0.5, 0.6) is 0 Å². The normalized spacial score (nSPS) is 11.6. The zero-order chi connectivity index (χ0) is 9.97. The van der Waals surface area contributed by atoms with Crippen molar-refractivity contribution in [3.8, 4) is 0 Å². The predicted octanol–water partition coefficient (Wildman–Crippen LogP) is 3.46. The lowest BCUT2D eigenvalue weighted by molar-refractivity contribution is 0.401. The number of aryl methyl sites for hydroxylation is 1. The maximum atomic E-state index is 2.35. The number of rotatable bonds is 4. The molecule has 0 aromatic carbocycles. The van der Waals surface area contributed by atoms with Crippen molar-refractivity contribution in [2.75, 3.05) is 20.6 Å². The number of nitrogens with zero attached hydrogens (tertiary/aromatic N) is 1. The van der Waals surface area contributed by atoms with Gasteiger partial charge >= 0.3 is 0 Å². The standard InChI is InChI=1S/C11H15NS2/c1-12(2)6-3-4-9-8-11-10(14-9)5-7-13-11/h5,7-8H,3-4,6H2,1-2H3. The van der Waals surface area contributed by atoms with Gasteiger partial charge in [-0.3, -0.25) is 0 Å². The molecule has 0 aliphatic heterocycles. The Hall–Kier alpha value is -0.380. The highest BCUT2D eigenvalue weighted by molar-refractivity contribution is 7.26. The lowest BCUT2D eigenvalue weighted by Crippen LogP contribution is -2.13. The van der Waals surface area contributed by atoms with Gasteiger partial charge in [-0.15, -0.1) is 22.7 Å². The Kier molecular flexibility index (Phi) is 3.21. The van der Waals surface area contributed by atoms with E-state index >= 15 is 0 Å². The summed E-state index contributed by atoms with van der Waals surface area (Å²) >= 11 is 3.80. The summed E-state index contributed by atoms with van der Waals surface area (Å²) in [5.74, 6) is 0. The molecule has 76 valence electrons. The third kappa shape index (κ3) is 2.35. The van der Waals surface area contributed by atoms with Crippen LogP contribution in [0.15, 0.2) is 17.5 Å². The molecule has 2 aromatic rings. The fourth-order valence-electron chi connectivity index (χ4n) is 1.51. The van der Waals surface area contributed by atoms with E-state index in [9.17, 15) is 0 Å². The van der Waals surface area contributed by atoms with Crippen molar-refractivity contribution >= 4 is 32.1 Å². The van der Waals surface area contributed by atoms with E-state index in [0.29, 0.717) is 0 Å². The summed E-state index contributed by atoms with van der Waals surface area (Å²) in [4.78, 5) is 3.78. The Morgan fingerprint density at radius 2 is 2.14 bits per heavy atom. The summed E-state index contributed by atoms with van der Waals surface area (Å²) in [6.07, 6.45) is 2.49. The Morgan fingerprint density at radius 3 is 2.86 bits per heavy atom. The van der Waals surface area contributed by atoms with Gasteiger partial charge in [0.2, 0.25) is 0 Å². The van der Waals surface area contributed by atoms with Gasteiger partial charge in [0.15, 0.2) is 0 Å². The lowest BCUT2D eigenvalue weighted by Gasteiger charge is -2.07. The molecule has 0 amide bonds. The highest BCUT2D eigenvalue weighted by Crippen LogP contribution is 2.30. The molecule has 2 rings (SSSR count). The molecule has 0 aliphatic carbocycles. The van der Waals surface area contributed by atoms with Crippen molar-refractivity contribution in [2.24, 2.45) is 0 Å². The molecule has 3 heteroatoms. The maximum absolute atomic E-state index is 2.35. The fraction of sp³-hybridized carbons (Fsp3) is 0.455. The monoisotopic (exact) mass is 225 g/mol. The van der Waals surface area contributed by atoms with E-state index < -0.39 is 0 Å². The minimum atomic E-state index is 1.19. The quantitative estimate of drug-likeness (QED) is 0.770. The van der Waals surface area contributed by atoms with Crippen LogP contribution < -0.4 is 0 Å². The van der Waals surface area contributed by atoms with E-state index in [1.165, 1.54) is 33.7 Å². The number of thiophene rings is 2. The molecule has 0 N–H and O–H groups in total. The van der Waals surface area contributed by atoms with E-state index in [2.05, 4.69) is 36.5 Å². The summed E-state index contributed by atoms with van der Waals surface area (Å²) in [5, 5.41) is 2.17. The van der Waals surface area contributed by atoms with Crippen molar-refractivity contribution in [1.29, 1.82) is 0 Å². The average molecular weight is 225 g/mol. The second-order valence-corrected chi connectivity index (χ2v) is 5.88. The molecule has 1 nitrogen and oxygen atoms in total. The van der Waals surface area contributed by atoms with E-state index in [4.69, 9.17) is 0 Å². The van der Waals surface area contributed by atoms with Gasteiger partial charge in [0.25, 0.3) is 0 Å². The van der Waals surface area contributed by atoms with Gasteiger partial charge in [-0.1, -0.05) is 0 Å². The third-order valence-corrected chi connectivity index (χ3v) is 4.37. The molecular formula is C11H15NS2. The summed E-state index contributed by atoms with van der Waals surface area (Å²) in [5.41, 5.74) is 0. The molecule has 0 fully saturated rings. The van der Waals surface area contributed by atoms with Crippen LogP contribution in [0.25, 0.3) is 9.40 Å². The van der Waals surface area contributed by atoms with Gasteiger partial charge in [0.05, 0.1) is 0 Å². The molecule has 0 saturated heterocycles. The van der Waals surface area contributed by atoms with Crippen LogP contribution >= 0.6 is 22.7 Å². The molecular weight excluding hydrogens is 210 g/mol. The number of fused-ring (bicyclic) bond motifs is 1. The Labute approximate surface area is 93.0 Å². The van der Waals surface area contributed by atoms with Crippen molar-refractivity contribution in [3.05, 3.63) is 22.4 Å². The first-order valence-electron chi connectivity index (χ1n) is 4.86. The first kappa shape index (κ1) is 10.1. The van der Waals surface area contributed by atoms with Crippen LogP contribution in [-0.4, -0.2) is 25.5 Å². The zero-order valence-corrected chi connectivity index (χ0v) is 10.3. The van der Waals surface area contributed by atoms with E-state index in [0.717, 1.165) is 0 Å². The number of hydrogen-bond donors (Lipinski definition) is 0. The SMILES string of the molecule is CN(C)CCCc1cc2sccc2s1. The van der Waals surface area contributed by atoms with Gasteiger partial charge in [0.1, 0.15) is 0 Å². The molecule has 2 aromatic heterocycles. The van der Waals surface area contributed by atoms with Gasteiger partial charge in [0, 0.05) is 14.3 Å². The summed E-state index contributed by atoms with van der Waals surface area (Å²) in [6, 6.07) is 4.57. The second kappa shape index (κ2) is 4.43. The third-order valence-electron chi connectivity index (χ3n) is 2.22. The zero-order valence-electron chi connectivity index (χ0n) is 8.62. The van der Waals surface area contributed by atoms with Crippen LogP contribution in [0.1, 0.15) is 11.3 Å². The molecule has 2 heterocycles. The highest BCUT2D eigenvalue weighted by atomic mass is 32.1.